The van der Waals surface area contributed by atoms with Crippen LogP contribution in [0.5, 0.6) is 0 Å². The number of benzene rings is 1. The average Bonchev–Trinajstić information content (AvgIpc) is 3.28. The molecule has 0 saturated heterocycles. The molecule has 1 fully saturated rings. The Morgan fingerprint density at radius 1 is 1.35 bits per heavy atom. The van der Waals surface area contributed by atoms with Crippen LogP contribution < -0.4 is 10.0 Å². The second-order valence-corrected chi connectivity index (χ2v) is 8.02. The zero-order chi connectivity index (χ0) is 17.0. The van der Waals surface area contributed by atoms with Crippen molar-refractivity contribution in [2.24, 2.45) is 5.92 Å². The van der Waals surface area contributed by atoms with Gasteiger partial charge in [-0.15, -0.1) is 0 Å². The van der Waals surface area contributed by atoms with E-state index in [4.69, 9.17) is 0 Å². The van der Waals surface area contributed by atoms with Gasteiger partial charge < -0.3 is 5.32 Å². The normalized spacial score (nSPS) is 15.7. The molecule has 5 nitrogen and oxygen atoms in total. The van der Waals surface area contributed by atoms with E-state index in [2.05, 4.69) is 10.0 Å². The van der Waals surface area contributed by atoms with Crippen molar-refractivity contribution in [3.05, 3.63) is 41.5 Å². The molecule has 6 heteroatoms. The van der Waals surface area contributed by atoms with Crippen molar-refractivity contribution in [2.45, 2.75) is 51.1 Å². The molecule has 0 aromatic heterocycles. The third kappa shape index (κ3) is 5.48. The monoisotopic (exact) mass is 336 g/mol. The summed E-state index contributed by atoms with van der Waals surface area (Å²) >= 11 is 0. The van der Waals surface area contributed by atoms with E-state index in [0.29, 0.717) is 12.5 Å². The van der Waals surface area contributed by atoms with Crippen LogP contribution in [0.1, 0.15) is 39.2 Å². The molecule has 2 N–H and O–H groups in total. The molecule has 1 saturated carbocycles. The lowest BCUT2D eigenvalue weighted by Gasteiger charge is -2.11. The molecule has 1 amide bonds. The molecule has 0 heterocycles. The van der Waals surface area contributed by atoms with Crippen LogP contribution in [0.3, 0.4) is 0 Å². The number of nitrogens with one attached hydrogen (secondary N) is 2. The van der Waals surface area contributed by atoms with Crippen LogP contribution in [-0.4, -0.2) is 20.4 Å². The highest BCUT2D eigenvalue weighted by molar-refractivity contribution is 7.89. The van der Waals surface area contributed by atoms with Crippen LogP contribution in [0.2, 0.25) is 0 Å². The van der Waals surface area contributed by atoms with Gasteiger partial charge in [-0.2, -0.15) is 0 Å². The maximum absolute atomic E-state index is 12.2. The number of carbonyl (C=O) groups is 1. The van der Waals surface area contributed by atoms with Crippen molar-refractivity contribution in [2.75, 3.05) is 0 Å². The van der Waals surface area contributed by atoms with E-state index >= 15 is 0 Å². The number of sulfonamides is 1. The van der Waals surface area contributed by atoms with E-state index in [1.165, 1.54) is 12.8 Å². The van der Waals surface area contributed by atoms with Crippen LogP contribution in [0.25, 0.3) is 0 Å². The number of rotatable bonds is 7. The second-order valence-electron chi connectivity index (χ2n) is 6.30. The molecule has 0 spiro atoms. The fourth-order valence-electron chi connectivity index (χ4n) is 2.30. The Bertz CT molecular complexity index is 704. The molecule has 0 atom stereocenters. The summed E-state index contributed by atoms with van der Waals surface area (Å²) in [7, 11) is -3.52. The first kappa shape index (κ1) is 17.7. The first-order valence-corrected chi connectivity index (χ1v) is 9.33. The van der Waals surface area contributed by atoms with Crippen molar-refractivity contribution >= 4 is 15.9 Å². The van der Waals surface area contributed by atoms with Crippen molar-refractivity contribution in [1.82, 2.24) is 10.0 Å². The quantitative estimate of drug-likeness (QED) is 0.751. The van der Waals surface area contributed by atoms with Gasteiger partial charge in [-0.25, -0.2) is 13.1 Å². The number of amides is 1. The molecule has 0 bridgehead atoms. The highest BCUT2D eigenvalue weighted by Crippen LogP contribution is 2.35. The highest BCUT2D eigenvalue weighted by atomic mass is 32.2. The molecule has 1 aliphatic rings. The summed E-state index contributed by atoms with van der Waals surface area (Å²) in [6.45, 7) is 5.83. The molecule has 2 rings (SSSR count). The van der Waals surface area contributed by atoms with E-state index in [0.717, 1.165) is 11.1 Å². The number of hydrogen-bond acceptors (Lipinski definition) is 3. The Labute approximate surface area is 138 Å². The summed E-state index contributed by atoms with van der Waals surface area (Å²) in [5, 5.41) is 2.80. The molecule has 1 aromatic carbocycles. The van der Waals surface area contributed by atoms with Gasteiger partial charge in [0.25, 0.3) is 0 Å². The van der Waals surface area contributed by atoms with Gasteiger partial charge in [0, 0.05) is 18.7 Å². The Morgan fingerprint density at radius 3 is 2.65 bits per heavy atom. The largest absolute Gasteiger partial charge is 0.348 e. The van der Waals surface area contributed by atoms with E-state index < -0.39 is 10.0 Å². The second kappa shape index (κ2) is 7.27. The van der Waals surface area contributed by atoms with Gasteiger partial charge >= 0.3 is 0 Å². The Kier molecular flexibility index (Phi) is 5.59. The maximum atomic E-state index is 12.2. The van der Waals surface area contributed by atoms with E-state index in [-0.39, 0.29) is 16.8 Å². The maximum Gasteiger partial charge on any atom is 0.244 e. The van der Waals surface area contributed by atoms with Crippen molar-refractivity contribution in [3.63, 3.8) is 0 Å². The van der Waals surface area contributed by atoms with Gasteiger partial charge in [0.1, 0.15) is 0 Å². The van der Waals surface area contributed by atoms with Gasteiger partial charge in [0.15, 0.2) is 0 Å². The van der Waals surface area contributed by atoms with Crippen LogP contribution in [-0.2, 0) is 21.4 Å². The van der Waals surface area contributed by atoms with Crippen molar-refractivity contribution in [3.8, 4) is 0 Å². The Morgan fingerprint density at radius 2 is 2.04 bits per heavy atom. The van der Waals surface area contributed by atoms with Crippen LogP contribution >= 0.6 is 0 Å². The zero-order valence-electron chi connectivity index (χ0n) is 13.8. The summed E-state index contributed by atoms with van der Waals surface area (Å²) in [5.41, 5.74) is 1.86. The SMILES string of the molecule is CC(=CC(=O)NCc1cccc(S(=O)(=O)NC(C)C)c1)C1CC1. The zero-order valence-corrected chi connectivity index (χ0v) is 14.6. The first-order chi connectivity index (χ1) is 10.8. The first-order valence-electron chi connectivity index (χ1n) is 7.85. The van der Waals surface area contributed by atoms with Gasteiger partial charge in [0.05, 0.1) is 4.90 Å². The lowest BCUT2D eigenvalue weighted by Crippen LogP contribution is -2.30. The van der Waals surface area contributed by atoms with Gasteiger partial charge in [-0.3, -0.25) is 4.79 Å². The molecule has 1 aliphatic carbocycles. The molecule has 23 heavy (non-hydrogen) atoms. The number of carbonyl (C=O) groups excluding carboxylic acids is 1. The Balaban J connectivity index is 2.00. The lowest BCUT2D eigenvalue weighted by molar-refractivity contribution is -0.116. The fourth-order valence-corrected chi connectivity index (χ4v) is 3.63. The minimum Gasteiger partial charge on any atom is -0.348 e. The summed E-state index contributed by atoms with van der Waals surface area (Å²) < 4.78 is 26.9. The van der Waals surface area contributed by atoms with Crippen LogP contribution in [0, 0.1) is 5.92 Å². The standard InChI is InChI=1S/C17H24N2O3S/c1-12(2)19-23(21,22)16-6-4-5-14(10-16)11-18-17(20)9-13(3)15-7-8-15/h4-6,9-10,12,15,19H,7-8,11H2,1-3H3,(H,18,20). The van der Waals surface area contributed by atoms with E-state index in [9.17, 15) is 13.2 Å². The number of allylic oxidation sites excluding steroid dienone is 1. The van der Waals surface area contributed by atoms with E-state index in [1.807, 2.05) is 6.92 Å². The lowest BCUT2D eigenvalue weighted by atomic mass is 10.2. The third-order valence-corrected chi connectivity index (χ3v) is 5.30. The minimum absolute atomic E-state index is 0.136. The Hall–Kier alpha value is -1.66. The molecular weight excluding hydrogens is 312 g/mol. The summed E-state index contributed by atoms with van der Waals surface area (Å²) in [5.74, 6) is 0.430. The molecule has 126 valence electrons. The summed E-state index contributed by atoms with van der Waals surface area (Å²) in [6, 6.07) is 6.45. The fraction of sp³-hybridized carbons (Fsp3) is 0.471. The highest BCUT2D eigenvalue weighted by Gasteiger charge is 2.23. The molecular formula is C17H24N2O3S. The van der Waals surface area contributed by atoms with Crippen LogP contribution in [0.4, 0.5) is 0 Å². The number of hydrogen-bond donors (Lipinski definition) is 2. The minimum atomic E-state index is -3.52. The summed E-state index contributed by atoms with van der Waals surface area (Å²) in [4.78, 5) is 12.1. The predicted molar refractivity (Wildman–Crippen MR) is 90.2 cm³/mol. The average molecular weight is 336 g/mol. The van der Waals surface area contributed by atoms with Gasteiger partial charge in [-0.1, -0.05) is 17.7 Å². The smallest absolute Gasteiger partial charge is 0.244 e. The van der Waals surface area contributed by atoms with Crippen LogP contribution in [0.15, 0.2) is 40.8 Å². The third-order valence-electron chi connectivity index (χ3n) is 3.65. The molecule has 0 unspecified atom stereocenters. The van der Waals surface area contributed by atoms with Gasteiger partial charge in [0.2, 0.25) is 15.9 Å². The van der Waals surface area contributed by atoms with Crippen molar-refractivity contribution < 1.29 is 13.2 Å². The summed E-state index contributed by atoms with van der Waals surface area (Å²) in [6.07, 6.45) is 3.97. The predicted octanol–water partition coefficient (Wildman–Crippen LogP) is 2.35. The topological polar surface area (TPSA) is 75.3 Å². The molecule has 1 aromatic rings. The van der Waals surface area contributed by atoms with Gasteiger partial charge in [-0.05, 0) is 57.2 Å². The molecule has 0 aliphatic heterocycles. The van der Waals surface area contributed by atoms with Crippen molar-refractivity contribution in [1.29, 1.82) is 0 Å². The van der Waals surface area contributed by atoms with E-state index in [1.54, 1.807) is 44.2 Å². The molecule has 0 radical (unpaired) electrons.